The summed E-state index contributed by atoms with van der Waals surface area (Å²) in [4.78, 5) is 42.9. The van der Waals surface area contributed by atoms with Gasteiger partial charge in [-0.1, -0.05) is 36.4 Å². The highest BCUT2D eigenvalue weighted by atomic mass is 16.6. The maximum absolute atomic E-state index is 13.1. The number of nitrogens with zero attached hydrogens (tertiary/aromatic N) is 3. The van der Waals surface area contributed by atoms with E-state index in [0.29, 0.717) is 22.9 Å². The van der Waals surface area contributed by atoms with Crippen molar-refractivity contribution < 1.29 is 14.5 Å². The minimum Gasteiger partial charge on any atom is -0.360 e. The number of fused-ring (bicyclic) bond motifs is 1. The first-order chi connectivity index (χ1) is 14.4. The van der Waals surface area contributed by atoms with Crippen LogP contribution in [0.3, 0.4) is 0 Å². The molecule has 2 heterocycles. The van der Waals surface area contributed by atoms with Gasteiger partial charge in [-0.2, -0.15) is 0 Å². The molecule has 3 aromatic rings. The smallest absolute Gasteiger partial charge is 0.279 e. The van der Waals surface area contributed by atoms with E-state index in [4.69, 9.17) is 0 Å². The quantitative estimate of drug-likeness (QED) is 0.410. The summed E-state index contributed by atoms with van der Waals surface area (Å²) in [5.41, 5.74) is 2.14. The Hall–Kier alpha value is -3.94. The van der Waals surface area contributed by atoms with Gasteiger partial charge in [-0.3, -0.25) is 19.7 Å². The Bertz CT molecular complexity index is 1180. The van der Waals surface area contributed by atoms with Crippen LogP contribution in [0.25, 0.3) is 17.0 Å². The van der Waals surface area contributed by atoms with Crippen molar-refractivity contribution in [3.05, 3.63) is 81.7 Å². The molecule has 8 heteroatoms. The summed E-state index contributed by atoms with van der Waals surface area (Å²) in [6.07, 6.45) is 3.55. The maximum Gasteiger partial charge on any atom is 0.279 e. The van der Waals surface area contributed by atoms with Gasteiger partial charge >= 0.3 is 0 Å². The Morgan fingerprint density at radius 2 is 1.83 bits per heavy atom. The molecule has 1 aromatic heterocycles. The van der Waals surface area contributed by atoms with Gasteiger partial charge in [0.05, 0.1) is 15.8 Å². The van der Waals surface area contributed by atoms with Crippen LogP contribution in [0.4, 0.5) is 5.69 Å². The molecule has 1 aliphatic rings. The first-order valence-corrected chi connectivity index (χ1v) is 9.43. The van der Waals surface area contributed by atoms with Crippen molar-refractivity contribution in [1.82, 2.24) is 14.8 Å². The summed E-state index contributed by atoms with van der Waals surface area (Å²) in [6.45, 7) is 0. The van der Waals surface area contributed by atoms with E-state index in [2.05, 4.69) is 4.98 Å². The van der Waals surface area contributed by atoms with E-state index < -0.39 is 11.0 Å². The van der Waals surface area contributed by atoms with Crippen molar-refractivity contribution in [2.24, 2.45) is 0 Å². The zero-order chi connectivity index (χ0) is 21.4. The molecule has 2 aromatic carbocycles. The first kappa shape index (κ1) is 19.4. The van der Waals surface area contributed by atoms with Crippen molar-refractivity contribution >= 4 is 34.5 Å². The fourth-order valence-electron chi connectivity index (χ4n) is 3.80. The minimum absolute atomic E-state index is 0.0619. The molecule has 1 N–H and O–H groups in total. The van der Waals surface area contributed by atoms with E-state index in [1.54, 1.807) is 32.4 Å². The van der Waals surface area contributed by atoms with Gasteiger partial charge in [0, 0.05) is 38.3 Å². The molecule has 0 aliphatic carbocycles. The second-order valence-electron chi connectivity index (χ2n) is 7.25. The number of hydrogen-bond acceptors (Lipinski definition) is 4. The number of H-pyrrole nitrogens is 1. The number of carbonyl (C=O) groups excluding carboxylic acids is 2. The number of nitro benzene ring substituents is 1. The molecule has 4 rings (SSSR count). The monoisotopic (exact) mass is 404 g/mol. The lowest BCUT2D eigenvalue weighted by atomic mass is 10.00. The van der Waals surface area contributed by atoms with Crippen molar-refractivity contribution in [3.8, 4) is 0 Å². The zero-order valence-corrected chi connectivity index (χ0v) is 16.5. The topological polar surface area (TPSA) is 99.6 Å². The van der Waals surface area contributed by atoms with Gasteiger partial charge in [-0.25, -0.2) is 0 Å². The maximum atomic E-state index is 13.1. The van der Waals surface area contributed by atoms with Gasteiger partial charge < -0.3 is 14.8 Å². The van der Waals surface area contributed by atoms with Gasteiger partial charge in [0.2, 0.25) is 5.91 Å². The molecular formula is C22H20N4O4. The highest BCUT2D eigenvalue weighted by Crippen LogP contribution is 2.31. The van der Waals surface area contributed by atoms with Gasteiger partial charge in [0.25, 0.3) is 11.6 Å². The Balaban J connectivity index is 1.72. The van der Waals surface area contributed by atoms with Crippen LogP contribution in [0.1, 0.15) is 11.1 Å². The van der Waals surface area contributed by atoms with Crippen molar-refractivity contribution in [1.29, 1.82) is 0 Å². The average Bonchev–Trinajstić information content (AvgIpc) is 3.16. The number of carbonyl (C=O) groups is 2. The van der Waals surface area contributed by atoms with Gasteiger partial charge in [0.15, 0.2) is 0 Å². The molecule has 30 heavy (non-hydrogen) atoms. The number of piperazine rings is 1. The lowest BCUT2D eigenvalue weighted by Gasteiger charge is -2.38. The normalized spacial score (nSPS) is 18.5. The van der Waals surface area contributed by atoms with Crippen LogP contribution in [-0.2, 0) is 16.0 Å². The van der Waals surface area contributed by atoms with Crippen LogP contribution >= 0.6 is 0 Å². The fraction of sp³-hybridized carbons (Fsp3) is 0.182. The molecule has 1 saturated heterocycles. The Labute approximate surface area is 172 Å². The third kappa shape index (κ3) is 3.22. The molecule has 0 radical (unpaired) electrons. The molecule has 8 nitrogen and oxygen atoms in total. The summed E-state index contributed by atoms with van der Waals surface area (Å²) in [5, 5.41) is 11.8. The number of rotatable bonds is 4. The molecular weight excluding hydrogens is 384 g/mol. The van der Waals surface area contributed by atoms with E-state index in [-0.39, 0.29) is 23.2 Å². The van der Waals surface area contributed by atoms with Crippen LogP contribution in [-0.4, -0.2) is 51.7 Å². The van der Waals surface area contributed by atoms with E-state index in [9.17, 15) is 19.7 Å². The van der Waals surface area contributed by atoms with Crippen molar-refractivity contribution in [3.63, 3.8) is 0 Å². The van der Waals surface area contributed by atoms with Crippen LogP contribution in [0, 0.1) is 10.1 Å². The number of nitro groups is 1. The first-order valence-electron chi connectivity index (χ1n) is 9.43. The number of non-ortho nitro benzene ring substituents is 1. The van der Waals surface area contributed by atoms with E-state index in [1.807, 2.05) is 30.3 Å². The lowest BCUT2D eigenvalue weighted by molar-refractivity contribution is -0.383. The van der Waals surface area contributed by atoms with Gasteiger partial charge in [-0.05, 0) is 17.7 Å². The molecule has 2 amide bonds. The van der Waals surface area contributed by atoms with Crippen molar-refractivity contribution in [2.75, 3.05) is 14.1 Å². The summed E-state index contributed by atoms with van der Waals surface area (Å²) in [7, 11) is 3.16. The number of aromatic amines is 1. The largest absolute Gasteiger partial charge is 0.360 e. The summed E-state index contributed by atoms with van der Waals surface area (Å²) in [6, 6.07) is 13.6. The molecule has 0 spiro atoms. The number of benzene rings is 2. The molecule has 1 atom stereocenters. The van der Waals surface area contributed by atoms with E-state index >= 15 is 0 Å². The number of likely N-dealkylation sites (N-methyl/N-ethyl adjacent to an activating group) is 2. The third-order valence-electron chi connectivity index (χ3n) is 5.46. The predicted octanol–water partition coefficient (Wildman–Crippen LogP) is 2.96. The summed E-state index contributed by atoms with van der Waals surface area (Å²) >= 11 is 0. The van der Waals surface area contributed by atoms with Crippen LogP contribution < -0.4 is 0 Å². The minimum atomic E-state index is -0.612. The molecule has 0 bridgehead atoms. The third-order valence-corrected chi connectivity index (χ3v) is 5.46. The summed E-state index contributed by atoms with van der Waals surface area (Å²) in [5.74, 6) is -0.521. The van der Waals surface area contributed by atoms with E-state index in [0.717, 1.165) is 5.56 Å². The zero-order valence-electron chi connectivity index (χ0n) is 16.5. The SMILES string of the molecule is CN1C(=O)[C@@H](Cc2ccccc2)N(C)C(=O)/C1=C/c1c[nH]c2cccc([N+](=O)[O-])c12. The summed E-state index contributed by atoms with van der Waals surface area (Å²) < 4.78 is 0. The van der Waals surface area contributed by atoms with Crippen molar-refractivity contribution in [2.45, 2.75) is 12.5 Å². The molecule has 1 aliphatic heterocycles. The second kappa shape index (κ2) is 7.47. The Morgan fingerprint density at radius 1 is 1.10 bits per heavy atom. The van der Waals surface area contributed by atoms with Gasteiger partial charge in [-0.15, -0.1) is 0 Å². The molecule has 1 fully saturated rings. The number of aromatic nitrogens is 1. The number of nitrogens with one attached hydrogen (secondary N) is 1. The fourth-order valence-corrected chi connectivity index (χ4v) is 3.80. The highest BCUT2D eigenvalue weighted by molar-refractivity contribution is 6.09. The van der Waals surface area contributed by atoms with E-state index in [1.165, 1.54) is 21.9 Å². The van der Waals surface area contributed by atoms with Gasteiger partial charge in [0.1, 0.15) is 11.7 Å². The standard InChI is InChI=1S/C22H20N4O4/c1-24-18(11-14-7-4-3-5-8-14)21(27)25(2)19(22(24)28)12-15-13-23-16-9-6-10-17(20(15)16)26(29)30/h3-10,12-13,18,23H,11H2,1-2H3/b19-12-/t18-/m1/s1. The van der Waals surface area contributed by atoms with Crippen LogP contribution in [0.15, 0.2) is 60.4 Å². The van der Waals surface area contributed by atoms with Crippen LogP contribution in [0.2, 0.25) is 0 Å². The number of amides is 2. The highest BCUT2D eigenvalue weighted by Gasteiger charge is 2.39. The second-order valence-corrected chi connectivity index (χ2v) is 7.25. The molecule has 152 valence electrons. The Kier molecular flexibility index (Phi) is 4.83. The van der Waals surface area contributed by atoms with Crippen LogP contribution in [0.5, 0.6) is 0 Å². The Morgan fingerprint density at radius 3 is 2.53 bits per heavy atom. The molecule has 0 unspecified atom stereocenters. The molecule has 0 saturated carbocycles. The lowest BCUT2D eigenvalue weighted by Crippen LogP contribution is -2.56. The predicted molar refractivity (Wildman–Crippen MR) is 112 cm³/mol. The average molecular weight is 404 g/mol. The number of hydrogen-bond donors (Lipinski definition) is 1.